The number of halogens is 1. The number of aromatic nitrogens is 4. The second kappa shape index (κ2) is 11.0. The summed E-state index contributed by atoms with van der Waals surface area (Å²) in [7, 11) is 0. The van der Waals surface area contributed by atoms with Gasteiger partial charge in [-0.1, -0.05) is 6.92 Å². The molecule has 0 bridgehead atoms. The van der Waals surface area contributed by atoms with E-state index >= 15 is 0 Å². The number of hydrogen-bond acceptors (Lipinski definition) is 7. The van der Waals surface area contributed by atoms with Crippen molar-refractivity contribution in [3.63, 3.8) is 0 Å². The summed E-state index contributed by atoms with van der Waals surface area (Å²) in [6.07, 6.45) is 10.4. The molecule has 2 aliphatic rings. The molecule has 5 rings (SSSR count). The van der Waals surface area contributed by atoms with Crippen molar-refractivity contribution in [1.29, 1.82) is 0 Å². The number of anilines is 3. The van der Waals surface area contributed by atoms with Crippen LogP contribution in [0.2, 0.25) is 0 Å². The van der Waals surface area contributed by atoms with E-state index in [1.54, 1.807) is 0 Å². The molecule has 3 heterocycles. The van der Waals surface area contributed by atoms with E-state index in [0.717, 1.165) is 56.8 Å². The van der Waals surface area contributed by atoms with Crippen molar-refractivity contribution in [2.75, 3.05) is 22.5 Å². The Morgan fingerprint density at radius 3 is 2.49 bits per heavy atom. The molecule has 196 valence electrons. The minimum Gasteiger partial charge on any atom is -0.379 e. The molecule has 0 saturated heterocycles. The smallest absolute Gasteiger partial charge is 0.315 e. The molecule has 3 aromatic heterocycles. The fourth-order valence-corrected chi connectivity index (χ4v) is 4.48. The van der Waals surface area contributed by atoms with Gasteiger partial charge in [0.15, 0.2) is 17.2 Å². The zero-order valence-electron chi connectivity index (χ0n) is 20.8. The number of amides is 3. The molecular weight excluding hydrogens is 477 g/mol. The van der Waals surface area contributed by atoms with Crippen LogP contribution in [0.15, 0.2) is 30.7 Å². The van der Waals surface area contributed by atoms with Gasteiger partial charge in [0.05, 0.1) is 23.8 Å². The molecule has 3 aromatic rings. The summed E-state index contributed by atoms with van der Waals surface area (Å²) in [5, 5.41) is 20.1. The fourth-order valence-electron chi connectivity index (χ4n) is 4.48. The summed E-state index contributed by atoms with van der Waals surface area (Å²) in [6, 6.07) is 3.92. The van der Waals surface area contributed by atoms with E-state index in [4.69, 9.17) is 0 Å². The highest BCUT2D eigenvalue weighted by Gasteiger charge is 2.26. The Balaban J connectivity index is 1.30. The van der Waals surface area contributed by atoms with Crippen molar-refractivity contribution >= 4 is 34.8 Å². The molecule has 0 spiro atoms. The number of imidazole rings is 1. The Morgan fingerprint density at radius 2 is 1.76 bits per heavy atom. The van der Waals surface area contributed by atoms with Gasteiger partial charge >= 0.3 is 6.03 Å². The van der Waals surface area contributed by atoms with Crippen molar-refractivity contribution in [3.05, 3.63) is 42.2 Å². The first kappa shape index (κ1) is 24.7. The lowest BCUT2D eigenvalue weighted by atomic mass is 9.91. The summed E-state index contributed by atoms with van der Waals surface area (Å²) >= 11 is 0. The van der Waals surface area contributed by atoms with Gasteiger partial charge in [0, 0.05) is 36.9 Å². The lowest BCUT2D eigenvalue weighted by Gasteiger charge is -2.30. The van der Waals surface area contributed by atoms with Gasteiger partial charge in [-0.05, 0) is 51.0 Å². The second-order valence-corrected chi connectivity index (χ2v) is 9.64. The first-order chi connectivity index (χ1) is 18.0. The van der Waals surface area contributed by atoms with Crippen LogP contribution in [0.5, 0.6) is 0 Å². The van der Waals surface area contributed by atoms with Crippen LogP contribution in [0, 0.1) is 5.82 Å². The van der Waals surface area contributed by atoms with Gasteiger partial charge in [0.25, 0.3) is 5.91 Å². The Hall–Kier alpha value is -3.96. The topological polar surface area (TPSA) is 137 Å². The zero-order chi connectivity index (χ0) is 25.8. The summed E-state index contributed by atoms with van der Waals surface area (Å²) in [6.45, 7) is 2.69. The molecule has 0 aromatic carbocycles. The number of nitrogens with zero attached hydrogens (tertiary/aromatic N) is 4. The molecule has 0 atom stereocenters. The number of carbonyl (C=O) groups excluding carboxylic acids is 2. The van der Waals surface area contributed by atoms with Gasteiger partial charge in [0.1, 0.15) is 5.82 Å². The van der Waals surface area contributed by atoms with Crippen molar-refractivity contribution in [3.8, 4) is 0 Å². The van der Waals surface area contributed by atoms with Gasteiger partial charge in [-0.3, -0.25) is 9.78 Å². The molecule has 0 unspecified atom stereocenters. The van der Waals surface area contributed by atoms with Crippen LogP contribution >= 0.6 is 0 Å². The maximum Gasteiger partial charge on any atom is 0.315 e. The predicted octanol–water partition coefficient (Wildman–Crippen LogP) is 3.52. The molecule has 0 aliphatic heterocycles. The average molecular weight is 510 g/mol. The van der Waals surface area contributed by atoms with Crippen LogP contribution in [-0.4, -0.2) is 56.2 Å². The molecule has 12 heteroatoms. The van der Waals surface area contributed by atoms with E-state index in [2.05, 4.69) is 41.7 Å². The number of hydrogen-bond donors (Lipinski definition) is 5. The first-order valence-electron chi connectivity index (χ1n) is 12.9. The molecule has 5 N–H and O–H groups in total. The minimum absolute atomic E-state index is 0.0364. The van der Waals surface area contributed by atoms with E-state index in [1.807, 2.05) is 13.0 Å². The molecule has 2 fully saturated rings. The first-order valence-corrected chi connectivity index (χ1v) is 12.9. The molecule has 11 nitrogen and oxygen atoms in total. The van der Waals surface area contributed by atoms with Crippen LogP contribution in [0.4, 0.5) is 26.4 Å². The van der Waals surface area contributed by atoms with Gasteiger partial charge in [-0.25, -0.2) is 18.7 Å². The maximum atomic E-state index is 14.0. The van der Waals surface area contributed by atoms with E-state index in [0.29, 0.717) is 24.1 Å². The SMILES string of the molecule is CCCNC(=O)N[C@H]1CC[C@H](Nc2cc(NC3CC3)c3ncc(C(=O)Nc4ccncc4F)n3n2)CC1. The fraction of sp³-hybridized carbons (Fsp3) is 0.480. The maximum absolute atomic E-state index is 14.0. The molecule has 37 heavy (non-hydrogen) atoms. The predicted molar refractivity (Wildman–Crippen MR) is 138 cm³/mol. The Morgan fingerprint density at radius 1 is 1.03 bits per heavy atom. The minimum atomic E-state index is -0.621. The third-order valence-corrected chi connectivity index (χ3v) is 6.61. The summed E-state index contributed by atoms with van der Waals surface area (Å²) in [4.78, 5) is 33.1. The Labute approximate surface area is 214 Å². The van der Waals surface area contributed by atoms with Crippen molar-refractivity contribution in [2.45, 2.75) is 70.0 Å². The highest BCUT2D eigenvalue weighted by molar-refractivity contribution is 6.03. The summed E-state index contributed by atoms with van der Waals surface area (Å²) < 4.78 is 15.5. The standard InChI is InChI=1S/C25H32FN9O2/c1-2-10-28-25(37)32-17-7-5-16(6-8-17)31-22-12-20(30-15-3-4-15)23-29-14-21(35(23)34-22)24(36)33-19-9-11-27-13-18(19)26/h9,11-17,30H,2-8,10H2,1H3,(H,31,34)(H,27,33,36)(H2,28,32,37)/t16-,17-. The number of urea groups is 1. The van der Waals surface area contributed by atoms with Crippen LogP contribution in [0.25, 0.3) is 5.65 Å². The third kappa shape index (κ3) is 6.07. The molecule has 0 radical (unpaired) electrons. The summed E-state index contributed by atoms with van der Waals surface area (Å²) in [5.74, 6) is -0.522. The number of nitrogens with one attached hydrogen (secondary N) is 5. The highest BCUT2D eigenvalue weighted by Crippen LogP contribution is 2.30. The molecular formula is C25H32FN9O2. The quantitative estimate of drug-likeness (QED) is 0.298. The number of fused-ring (bicyclic) bond motifs is 1. The highest BCUT2D eigenvalue weighted by atomic mass is 19.1. The Bertz CT molecular complexity index is 1270. The zero-order valence-corrected chi connectivity index (χ0v) is 20.8. The van der Waals surface area contributed by atoms with Crippen LogP contribution in [0.1, 0.15) is 62.4 Å². The van der Waals surface area contributed by atoms with Gasteiger partial charge in [-0.15, -0.1) is 5.10 Å². The normalized spacial score (nSPS) is 19.3. The summed E-state index contributed by atoms with van der Waals surface area (Å²) in [5.41, 5.74) is 1.55. The number of rotatable bonds is 9. The van der Waals surface area contributed by atoms with E-state index in [9.17, 15) is 14.0 Å². The van der Waals surface area contributed by atoms with Crippen LogP contribution in [0.3, 0.4) is 0 Å². The van der Waals surface area contributed by atoms with Crippen LogP contribution in [-0.2, 0) is 0 Å². The monoisotopic (exact) mass is 509 g/mol. The van der Waals surface area contributed by atoms with Gasteiger partial charge in [0.2, 0.25) is 0 Å². The van der Waals surface area contributed by atoms with E-state index < -0.39 is 11.7 Å². The Kier molecular flexibility index (Phi) is 7.33. The number of carbonyl (C=O) groups is 2. The lowest BCUT2D eigenvalue weighted by Crippen LogP contribution is -2.45. The largest absolute Gasteiger partial charge is 0.379 e. The van der Waals surface area contributed by atoms with E-state index in [-0.39, 0.29) is 29.5 Å². The number of pyridine rings is 1. The van der Waals surface area contributed by atoms with Gasteiger partial charge < -0.3 is 26.6 Å². The van der Waals surface area contributed by atoms with Gasteiger partial charge in [-0.2, -0.15) is 0 Å². The van der Waals surface area contributed by atoms with E-state index in [1.165, 1.54) is 23.0 Å². The van der Waals surface area contributed by atoms with Crippen molar-refractivity contribution in [1.82, 2.24) is 30.2 Å². The lowest BCUT2D eigenvalue weighted by molar-refractivity contribution is 0.102. The van der Waals surface area contributed by atoms with Crippen molar-refractivity contribution in [2.24, 2.45) is 0 Å². The average Bonchev–Trinajstić information content (AvgIpc) is 3.60. The molecule has 2 saturated carbocycles. The second-order valence-electron chi connectivity index (χ2n) is 9.64. The van der Waals surface area contributed by atoms with Crippen LogP contribution < -0.4 is 26.6 Å². The third-order valence-electron chi connectivity index (χ3n) is 6.61. The molecule has 2 aliphatic carbocycles. The van der Waals surface area contributed by atoms with Crippen molar-refractivity contribution < 1.29 is 14.0 Å². The molecule has 3 amide bonds.